The monoisotopic (exact) mass is 255 g/mol. The Hall–Kier alpha value is -2.29. The molecule has 19 heavy (non-hydrogen) atoms. The van der Waals surface area contributed by atoms with Gasteiger partial charge in [0.25, 0.3) is 0 Å². The number of aryl methyl sites for hydroxylation is 1. The molecule has 0 aliphatic heterocycles. The minimum Gasteiger partial charge on any atom is -0.423 e. The van der Waals surface area contributed by atoms with Crippen LogP contribution in [0, 0.1) is 6.92 Å². The highest BCUT2D eigenvalue weighted by Crippen LogP contribution is 2.20. The van der Waals surface area contributed by atoms with Crippen LogP contribution in [0.25, 0.3) is 0 Å². The third-order valence-corrected chi connectivity index (χ3v) is 2.83. The van der Waals surface area contributed by atoms with Crippen molar-refractivity contribution in [2.45, 2.75) is 6.92 Å². The SMILES string of the molecule is Cc1ccc(C(=O)Oc2cccc(N(C)C)c2)cc1. The molecule has 0 aliphatic rings. The maximum atomic E-state index is 12.0. The predicted molar refractivity (Wildman–Crippen MR) is 76.9 cm³/mol. The van der Waals surface area contributed by atoms with E-state index in [0.717, 1.165) is 11.3 Å². The molecule has 2 rings (SSSR count). The van der Waals surface area contributed by atoms with E-state index in [-0.39, 0.29) is 5.97 Å². The van der Waals surface area contributed by atoms with E-state index in [9.17, 15) is 4.79 Å². The van der Waals surface area contributed by atoms with Gasteiger partial charge in [0, 0.05) is 25.8 Å². The summed E-state index contributed by atoms with van der Waals surface area (Å²) in [5.41, 5.74) is 2.67. The molecule has 0 saturated heterocycles. The summed E-state index contributed by atoms with van der Waals surface area (Å²) in [5.74, 6) is 0.215. The minimum absolute atomic E-state index is 0.337. The van der Waals surface area contributed by atoms with Gasteiger partial charge in [0.1, 0.15) is 5.75 Å². The first-order chi connectivity index (χ1) is 9.06. The molecule has 0 radical (unpaired) electrons. The summed E-state index contributed by atoms with van der Waals surface area (Å²) < 4.78 is 5.37. The Bertz CT molecular complexity index is 574. The fraction of sp³-hybridized carbons (Fsp3) is 0.188. The molecular weight excluding hydrogens is 238 g/mol. The highest BCUT2D eigenvalue weighted by Gasteiger charge is 2.08. The van der Waals surface area contributed by atoms with Crippen LogP contribution in [0.1, 0.15) is 15.9 Å². The summed E-state index contributed by atoms with van der Waals surface area (Å²) in [4.78, 5) is 13.9. The average molecular weight is 255 g/mol. The molecule has 0 bridgehead atoms. The van der Waals surface area contributed by atoms with Gasteiger partial charge in [-0.1, -0.05) is 23.8 Å². The van der Waals surface area contributed by atoms with Gasteiger partial charge in [0.2, 0.25) is 0 Å². The summed E-state index contributed by atoms with van der Waals surface area (Å²) in [5, 5.41) is 0. The third-order valence-electron chi connectivity index (χ3n) is 2.83. The molecule has 0 heterocycles. The molecule has 0 amide bonds. The van der Waals surface area contributed by atoms with Gasteiger partial charge in [-0.3, -0.25) is 0 Å². The highest BCUT2D eigenvalue weighted by molar-refractivity contribution is 5.91. The standard InChI is InChI=1S/C16H17NO2/c1-12-7-9-13(10-8-12)16(18)19-15-6-4-5-14(11-15)17(2)3/h4-11H,1-3H3. The van der Waals surface area contributed by atoms with Gasteiger partial charge in [-0.25, -0.2) is 4.79 Å². The second kappa shape index (κ2) is 5.57. The zero-order valence-corrected chi connectivity index (χ0v) is 11.4. The van der Waals surface area contributed by atoms with E-state index in [1.165, 1.54) is 0 Å². The molecule has 0 saturated carbocycles. The Kier molecular flexibility index (Phi) is 3.85. The molecule has 0 atom stereocenters. The number of hydrogen-bond acceptors (Lipinski definition) is 3. The maximum Gasteiger partial charge on any atom is 0.343 e. The van der Waals surface area contributed by atoms with Gasteiger partial charge in [0.05, 0.1) is 5.56 Å². The fourth-order valence-corrected chi connectivity index (χ4v) is 1.68. The summed E-state index contributed by atoms with van der Waals surface area (Å²) in [6.45, 7) is 1.98. The lowest BCUT2D eigenvalue weighted by atomic mass is 10.1. The first kappa shape index (κ1) is 13.1. The summed E-state index contributed by atoms with van der Waals surface area (Å²) in [6.07, 6.45) is 0. The van der Waals surface area contributed by atoms with Gasteiger partial charge in [-0.2, -0.15) is 0 Å². The molecular formula is C16H17NO2. The molecule has 0 spiro atoms. The predicted octanol–water partition coefficient (Wildman–Crippen LogP) is 3.28. The Labute approximate surface area is 113 Å². The van der Waals surface area contributed by atoms with Crippen LogP contribution in [-0.4, -0.2) is 20.1 Å². The van der Waals surface area contributed by atoms with E-state index >= 15 is 0 Å². The number of carbonyl (C=O) groups excluding carboxylic acids is 1. The number of anilines is 1. The quantitative estimate of drug-likeness (QED) is 0.622. The van der Waals surface area contributed by atoms with Gasteiger partial charge in [-0.15, -0.1) is 0 Å². The van der Waals surface area contributed by atoms with Crippen molar-refractivity contribution in [3.05, 3.63) is 59.7 Å². The smallest absolute Gasteiger partial charge is 0.343 e. The first-order valence-electron chi connectivity index (χ1n) is 6.12. The Morgan fingerprint density at radius 3 is 2.37 bits per heavy atom. The Balaban J connectivity index is 2.14. The van der Waals surface area contributed by atoms with Gasteiger partial charge in [0.15, 0.2) is 0 Å². The van der Waals surface area contributed by atoms with Crippen LogP contribution in [0.5, 0.6) is 5.75 Å². The number of carbonyl (C=O) groups is 1. The van der Waals surface area contributed by atoms with Gasteiger partial charge < -0.3 is 9.64 Å². The zero-order valence-electron chi connectivity index (χ0n) is 11.4. The van der Waals surface area contributed by atoms with Crippen LogP contribution in [-0.2, 0) is 0 Å². The number of ether oxygens (including phenoxy) is 1. The van der Waals surface area contributed by atoms with E-state index < -0.39 is 0 Å². The van der Waals surface area contributed by atoms with Crippen LogP contribution in [0.4, 0.5) is 5.69 Å². The molecule has 3 nitrogen and oxygen atoms in total. The van der Waals surface area contributed by atoms with E-state index in [1.807, 2.05) is 56.3 Å². The highest BCUT2D eigenvalue weighted by atomic mass is 16.5. The number of hydrogen-bond donors (Lipinski definition) is 0. The maximum absolute atomic E-state index is 12.0. The van der Waals surface area contributed by atoms with Crippen molar-refractivity contribution < 1.29 is 9.53 Å². The normalized spacial score (nSPS) is 10.1. The average Bonchev–Trinajstić information content (AvgIpc) is 2.39. The molecule has 2 aromatic carbocycles. The van der Waals surface area contributed by atoms with Crippen LogP contribution < -0.4 is 9.64 Å². The number of rotatable bonds is 3. The molecule has 0 aliphatic carbocycles. The molecule has 3 heteroatoms. The second-order valence-electron chi connectivity index (χ2n) is 4.65. The van der Waals surface area contributed by atoms with Crippen molar-refractivity contribution in [3.63, 3.8) is 0 Å². The van der Waals surface area contributed by atoms with E-state index in [1.54, 1.807) is 18.2 Å². The summed E-state index contributed by atoms with van der Waals surface area (Å²) >= 11 is 0. The molecule has 2 aromatic rings. The lowest BCUT2D eigenvalue weighted by molar-refractivity contribution is 0.0735. The largest absolute Gasteiger partial charge is 0.423 e. The Morgan fingerprint density at radius 2 is 1.74 bits per heavy atom. The van der Waals surface area contributed by atoms with Crippen LogP contribution in [0.15, 0.2) is 48.5 Å². The minimum atomic E-state index is -0.337. The summed E-state index contributed by atoms with van der Waals surface area (Å²) in [7, 11) is 3.89. The molecule has 0 unspecified atom stereocenters. The Morgan fingerprint density at radius 1 is 1.05 bits per heavy atom. The van der Waals surface area contributed by atoms with Crippen LogP contribution in [0.3, 0.4) is 0 Å². The number of benzene rings is 2. The van der Waals surface area contributed by atoms with Gasteiger partial charge in [-0.05, 0) is 31.2 Å². The van der Waals surface area contributed by atoms with Crippen molar-refractivity contribution in [1.29, 1.82) is 0 Å². The second-order valence-corrected chi connectivity index (χ2v) is 4.65. The van der Waals surface area contributed by atoms with E-state index in [4.69, 9.17) is 4.74 Å². The van der Waals surface area contributed by atoms with E-state index in [2.05, 4.69) is 0 Å². The van der Waals surface area contributed by atoms with Crippen molar-refractivity contribution >= 4 is 11.7 Å². The summed E-state index contributed by atoms with van der Waals surface area (Å²) in [6, 6.07) is 14.8. The third kappa shape index (κ3) is 3.35. The van der Waals surface area contributed by atoms with Crippen molar-refractivity contribution in [2.75, 3.05) is 19.0 Å². The first-order valence-corrected chi connectivity index (χ1v) is 6.12. The molecule has 0 aromatic heterocycles. The topological polar surface area (TPSA) is 29.5 Å². The van der Waals surface area contributed by atoms with Crippen LogP contribution in [0.2, 0.25) is 0 Å². The van der Waals surface area contributed by atoms with Crippen molar-refractivity contribution in [3.8, 4) is 5.75 Å². The number of esters is 1. The van der Waals surface area contributed by atoms with Gasteiger partial charge >= 0.3 is 5.97 Å². The lowest BCUT2D eigenvalue weighted by Gasteiger charge is -2.13. The van der Waals surface area contributed by atoms with E-state index in [0.29, 0.717) is 11.3 Å². The number of nitrogens with zero attached hydrogens (tertiary/aromatic N) is 1. The van der Waals surface area contributed by atoms with Crippen molar-refractivity contribution in [1.82, 2.24) is 0 Å². The zero-order chi connectivity index (χ0) is 13.8. The molecule has 0 N–H and O–H groups in total. The molecule has 0 fully saturated rings. The fourth-order valence-electron chi connectivity index (χ4n) is 1.68. The molecule has 98 valence electrons. The lowest BCUT2D eigenvalue weighted by Crippen LogP contribution is -2.11. The van der Waals surface area contributed by atoms with Crippen molar-refractivity contribution in [2.24, 2.45) is 0 Å². The van der Waals surface area contributed by atoms with Crippen LogP contribution >= 0.6 is 0 Å².